The van der Waals surface area contributed by atoms with Crippen LogP contribution in [0.1, 0.15) is 25.5 Å². The average molecular weight is 195 g/mol. The van der Waals surface area contributed by atoms with Crippen LogP contribution in [-0.2, 0) is 0 Å². The summed E-state index contributed by atoms with van der Waals surface area (Å²) >= 11 is 0. The van der Waals surface area contributed by atoms with Gasteiger partial charge in [0.1, 0.15) is 5.82 Å². The molecule has 0 saturated carbocycles. The molecule has 0 radical (unpaired) electrons. The number of rotatable bonds is 5. The maximum absolute atomic E-state index is 9.33. The molecule has 0 aliphatic rings. The van der Waals surface area contributed by atoms with Crippen molar-refractivity contribution in [3.8, 4) is 0 Å². The quantitative estimate of drug-likeness (QED) is 0.744. The number of aliphatic hydroxyl groups excluding tert-OH is 1. The molecule has 0 aliphatic carbocycles. The summed E-state index contributed by atoms with van der Waals surface area (Å²) in [7, 11) is 0. The van der Waals surface area contributed by atoms with Crippen molar-refractivity contribution in [2.45, 2.75) is 32.8 Å². The van der Waals surface area contributed by atoms with Gasteiger partial charge in [-0.15, -0.1) is 0 Å². The Morgan fingerprint density at radius 2 is 2.14 bits per heavy atom. The van der Waals surface area contributed by atoms with Gasteiger partial charge in [0.15, 0.2) is 0 Å². The van der Waals surface area contributed by atoms with Crippen LogP contribution in [0.4, 0.5) is 5.82 Å². The Hall–Kier alpha value is -1.16. The van der Waals surface area contributed by atoms with Crippen LogP contribution in [0.3, 0.4) is 0 Å². The van der Waals surface area contributed by atoms with E-state index in [1.54, 1.807) is 12.4 Å². The van der Waals surface area contributed by atoms with E-state index in [1.165, 1.54) is 0 Å². The summed E-state index contributed by atoms with van der Waals surface area (Å²) in [5.74, 6) is 0.802. The summed E-state index contributed by atoms with van der Waals surface area (Å²) in [6, 6.07) is 0. The number of hydrogen-bond acceptors (Lipinski definition) is 4. The molecule has 0 bridgehead atoms. The van der Waals surface area contributed by atoms with Crippen LogP contribution in [0.2, 0.25) is 0 Å². The molecule has 1 aromatic rings. The van der Waals surface area contributed by atoms with Gasteiger partial charge in [0.05, 0.1) is 11.8 Å². The van der Waals surface area contributed by atoms with Gasteiger partial charge < -0.3 is 10.4 Å². The predicted octanol–water partition coefficient (Wildman–Crippen LogP) is 1.36. The van der Waals surface area contributed by atoms with Gasteiger partial charge in [-0.2, -0.15) is 0 Å². The fourth-order valence-electron chi connectivity index (χ4n) is 1.14. The number of anilines is 1. The number of hydrogen-bond donors (Lipinski definition) is 2. The molecule has 0 aromatic carbocycles. The van der Waals surface area contributed by atoms with Crippen molar-refractivity contribution in [1.29, 1.82) is 0 Å². The molecule has 78 valence electrons. The van der Waals surface area contributed by atoms with Gasteiger partial charge in [-0.05, 0) is 19.8 Å². The van der Waals surface area contributed by atoms with Crippen LogP contribution in [0, 0.1) is 6.92 Å². The van der Waals surface area contributed by atoms with Gasteiger partial charge in [0, 0.05) is 18.9 Å². The molecule has 0 aliphatic heterocycles. The van der Waals surface area contributed by atoms with Crippen LogP contribution in [0.5, 0.6) is 0 Å². The first kappa shape index (κ1) is 10.9. The van der Waals surface area contributed by atoms with Crippen LogP contribution in [0.25, 0.3) is 0 Å². The number of nitrogens with one attached hydrogen (secondary N) is 1. The highest BCUT2D eigenvalue weighted by molar-refractivity contribution is 5.37. The van der Waals surface area contributed by atoms with E-state index in [2.05, 4.69) is 15.3 Å². The molecule has 4 heteroatoms. The first-order valence-electron chi connectivity index (χ1n) is 4.93. The highest BCUT2D eigenvalue weighted by atomic mass is 16.3. The second-order valence-corrected chi connectivity index (χ2v) is 3.27. The first-order chi connectivity index (χ1) is 6.74. The highest BCUT2D eigenvalue weighted by Gasteiger charge is 2.02. The lowest BCUT2D eigenvalue weighted by atomic mass is 10.2. The molecule has 1 atom stereocenters. The Morgan fingerprint density at radius 1 is 1.43 bits per heavy atom. The fourth-order valence-corrected chi connectivity index (χ4v) is 1.14. The topological polar surface area (TPSA) is 58.0 Å². The lowest BCUT2D eigenvalue weighted by Gasteiger charge is -2.09. The minimum absolute atomic E-state index is 0.223. The third kappa shape index (κ3) is 3.30. The third-order valence-electron chi connectivity index (χ3n) is 2.12. The molecule has 0 fully saturated rings. The standard InChI is InChI=1S/C10H17N3O/c1-3-9(14)4-5-12-10-8(2)11-6-7-13-10/h6-7,9,14H,3-5H2,1-2H3,(H,12,13). The van der Waals surface area contributed by atoms with Gasteiger partial charge in [-0.1, -0.05) is 6.92 Å². The zero-order valence-corrected chi connectivity index (χ0v) is 8.70. The van der Waals surface area contributed by atoms with Crippen molar-refractivity contribution in [2.24, 2.45) is 0 Å². The Kier molecular flexibility index (Phi) is 4.32. The molecule has 1 heterocycles. The second kappa shape index (κ2) is 5.54. The van der Waals surface area contributed by atoms with Crippen molar-refractivity contribution in [1.82, 2.24) is 9.97 Å². The van der Waals surface area contributed by atoms with Crippen LogP contribution in [-0.4, -0.2) is 27.7 Å². The molecule has 0 saturated heterocycles. The van der Waals surface area contributed by atoms with E-state index < -0.39 is 0 Å². The summed E-state index contributed by atoms with van der Waals surface area (Å²) in [5, 5.41) is 12.5. The van der Waals surface area contributed by atoms with Crippen molar-refractivity contribution in [3.63, 3.8) is 0 Å². The first-order valence-corrected chi connectivity index (χ1v) is 4.93. The summed E-state index contributed by atoms with van der Waals surface area (Å²) in [6.07, 6.45) is 4.64. The number of aliphatic hydroxyl groups is 1. The summed E-state index contributed by atoms with van der Waals surface area (Å²) < 4.78 is 0. The van der Waals surface area contributed by atoms with E-state index >= 15 is 0 Å². The van der Waals surface area contributed by atoms with Crippen LogP contribution in [0.15, 0.2) is 12.4 Å². The van der Waals surface area contributed by atoms with Gasteiger partial charge >= 0.3 is 0 Å². The Labute approximate surface area is 84.4 Å². The summed E-state index contributed by atoms with van der Waals surface area (Å²) in [4.78, 5) is 8.26. The van der Waals surface area contributed by atoms with Crippen LogP contribution >= 0.6 is 0 Å². The van der Waals surface area contributed by atoms with E-state index in [0.717, 1.165) is 30.9 Å². The van der Waals surface area contributed by atoms with Crippen molar-refractivity contribution >= 4 is 5.82 Å². The Bertz CT molecular complexity index is 278. The molecular weight excluding hydrogens is 178 g/mol. The minimum atomic E-state index is -0.223. The molecule has 0 spiro atoms. The third-order valence-corrected chi connectivity index (χ3v) is 2.12. The predicted molar refractivity (Wildman–Crippen MR) is 56.2 cm³/mol. The zero-order valence-electron chi connectivity index (χ0n) is 8.70. The molecule has 1 rings (SSSR count). The van der Waals surface area contributed by atoms with Crippen molar-refractivity contribution in [2.75, 3.05) is 11.9 Å². The highest BCUT2D eigenvalue weighted by Crippen LogP contribution is 2.06. The van der Waals surface area contributed by atoms with E-state index in [-0.39, 0.29) is 6.10 Å². The molecule has 14 heavy (non-hydrogen) atoms. The number of nitrogens with zero attached hydrogens (tertiary/aromatic N) is 2. The summed E-state index contributed by atoms with van der Waals surface area (Å²) in [6.45, 7) is 4.61. The van der Waals surface area contributed by atoms with E-state index in [1.807, 2.05) is 13.8 Å². The van der Waals surface area contributed by atoms with Gasteiger partial charge in [-0.25, -0.2) is 4.98 Å². The number of aryl methyl sites for hydroxylation is 1. The van der Waals surface area contributed by atoms with Gasteiger partial charge in [0.25, 0.3) is 0 Å². The monoisotopic (exact) mass is 195 g/mol. The van der Waals surface area contributed by atoms with Gasteiger partial charge in [-0.3, -0.25) is 4.98 Å². The fraction of sp³-hybridized carbons (Fsp3) is 0.600. The van der Waals surface area contributed by atoms with E-state index in [9.17, 15) is 5.11 Å². The molecule has 2 N–H and O–H groups in total. The molecule has 1 aromatic heterocycles. The normalized spacial score (nSPS) is 12.5. The SMILES string of the molecule is CCC(O)CCNc1nccnc1C. The van der Waals surface area contributed by atoms with Gasteiger partial charge in [0.2, 0.25) is 0 Å². The van der Waals surface area contributed by atoms with Crippen molar-refractivity contribution < 1.29 is 5.11 Å². The molecule has 4 nitrogen and oxygen atoms in total. The average Bonchev–Trinajstić information content (AvgIpc) is 2.20. The Balaban J connectivity index is 2.35. The zero-order chi connectivity index (χ0) is 10.4. The molecular formula is C10H17N3O. The molecule has 1 unspecified atom stereocenters. The minimum Gasteiger partial charge on any atom is -0.393 e. The smallest absolute Gasteiger partial charge is 0.147 e. The number of aromatic nitrogens is 2. The maximum atomic E-state index is 9.33. The second-order valence-electron chi connectivity index (χ2n) is 3.27. The largest absolute Gasteiger partial charge is 0.393 e. The lowest BCUT2D eigenvalue weighted by molar-refractivity contribution is 0.164. The lowest BCUT2D eigenvalue weighted by Crippen LogP contribution is -2.13. The maximum Gasteiger partial charge on any atom is 0.147 e. The van der Waals surface area contributed by atoms with Crippen molar-refractivity contribution in [3.05, 3.63) is 18.1 Å². The van der Waals surface area contributed by atoms with Crippen LogP contribution < -0.4 is 5.32 Å². The van der Waals surface area contributed by atoms with E-state index in [0.29, 0.717) is 0 Å². The van der Waals surface area contributed by atoms with E-state index in [4.69, 9.17) is 0 Å². The summed E-state index contributed by atoms with van der Waals surface area (Å²) in [5.41, 5.74) is 0.887. The molecule has 0 amide bonds. The Morgan fingerprint density at radius 3 is 2.79 bits per heavy atom.